The third kappa shape index (κ3) is 4.16. The van der Waals surface area contributed by atoms with E-state index >= 15 is 0 Å². The molecule has 0 bridgehead atoms. The van der Waals surface area contributed by atoms with Crippen molar-refractivity contribution in [1.82, 2.24) is 4.90 Å². The summed E-state index contributed by atoms with van der Waals surface area (Å²) in [6, 6.07) is 20.4. The van der Waals surface area contributed by atoms with E-state index in [-0.39, 0.29) is 11.5 Å². The molecule has 1 saturated heterocycles. The van der Waals surface area contributed by atoms with Crippen LogP contribution in [0.15, 0.2) is 76.6 Å². The number of carbonyl (C=O) groups is 2. The van der Waals surface area contributed by atoms with E-state index in [2.05, 4.69) is 23.2 Å². The lowest BCUT2D eigenvalue weighted by atomic mass is 10.2. The normalized spacial score (nSPS) is 16.7. The van der Waals surface area contributed by atoms with Gasteiger partial charge in [-0.25, -0.2) is 9.79 Å². The first-order chi connectivity index (χ1) is 14.0. The van der Waals surface area contributed by atoms with E-state index in [9.17, 15) is 9.59 Å². The average Bonchev–Trinajstić information content (AvgIpc) is 3.30. The van der Waals surface area contributed by atoms with Crippen molar-refractivity contribution < 1.29 is 14.7 Å². The molecule has 0 saturated carbocycles. The van der Waals surface area contributed by atoms with Crippen LogP contribution in [0.5, 0.6) is 0 Å². The number of amides is 1. The van der Waals surface area contributed by atoms with Crippen LogP contribution in [0.4, 0.5) is 5.69 Å². The van der Waals surface area contributed by atoms with E-state index in [0.717, 1.165) is 15.3 Å². The third-order valence-electron chi connectivity index (χ3n) is 4.30. The Balaban J connectivity index is 1.56. The zero-order valence-corrected chi connectivity index (χ0v) is 17.0. The minimum absolute atomic E-state index is 0.106. The number of hydrogen-bond acceptors (Lipinski definition) is 5. The van der Waals surface area contributed by atoms with E-state index in [4.69, 9.17) is 5.11 Å². The number of hydrogen-bond donors (Lipinski definition) is 1. The Bertz CT molecular complexity index is 1130. The summed E-state index contributed by atoms with van der Waals surface area (Å²) >= 11 is 2.94. The van der Waals surface area contributed by atoms with Gasteiger partial charge in [-0.1, -0.05) is 30.3 Å². The quantitative estimate of drug-likeness (QED) is 0.578. The number of amidine groups is 1. The van der Waals surface area contributed by atoms with Crippen molar-refractivity contribution in [3.63, 3.8) is 0 Å². The van der Waals surface area contributed by atoms with E-state index in [1.165, 1.54) is 28.8 Å². The first-order valence-electron chi connectivity index (χ1n) is 8.76. The van der Waals surface area contributed by atoms with Crippen LogP contribution in [0.2, 0.25) is 0 Å². The maximum Gasteiger partial charge on any atom is 0.335 e. The number of likely N-dealkylation sites (N-methyl/N-ethyl adjacent to an activating group) is 1. The number of aromatic carboxylic acids is 1. The number of carboxylic acid groups (broad SMARTS) is 1. The molecule has 0 unspecified atom stereocenters. The molecule has 1 aromatic heterocycles. The van der Waals surface area contributed by atoms with Crippen molar-refractivity contribution in [3.8, 4) is 10.4 Å². The number of nitrogens with zero attached hydrogens (tertiary/aromatic N) is 2. The van der Waals surface area contributed by atoms with Crippen molar-refractivity contribution in [3.05, 3.63) is 82.1 Å². The van der Waals surface area contributed by atoms with Crippen molar-refractivity contribution in [1.29, 1.82) is 0 Å². The van der Waals surface area contributed by atoms with Crippen molar-refractivity contribution >= 4 is 51.9 Å². The van der Waals surface area contributed by atoms with Crippen LogP contribution in [-0.2, 0) is 4.79 Å². The molecule has 1 fully saturated rings. The number of rotatable bonds is 4. The zero-order chi connectivity index (χ0) is 20.4. The first kappa shape index (κ1) is 19.2. The highest BCUT2D eigenvalue weighted by atomic mass is 32.2. The number of thiophene rings is 1. The van der Waals surface area contributed by atoms with Crippen LogP contribution in [0.1, 0.15) is 15.2 Å². The Morgan fingerprint density at radius 2 is 1.76 bits per heavy atom. The Labute approximate surface area is 176 Å². The molecule has 0 atom stereocenters. The second-order valence-electron chi connectivity index (χ2n) is 6.29. The zero-order valence-electron chi connectivity index (χ0n) is 15.4. The van der Waals surface area contributed by atoms with Gasteiger partial charge in [0.15, 0.2) is 5.17 Å². The maximum atomic E-state index is 12.6. The Kier molecular flexibility index (Phi) is 5.33. The monoisotopic (exact) mass is 420 g/mol. The summed E-state index contributed by atoms with van der Waals surface area (Å²) < 4.78 is 0. The highest BCUT2D eigenvalue weighted by molar-refractivity contribution is 8.18. The summed E-state index contributed by atoms with van der Waals surface area (Å²) in [5, 5.41) is 9.55. The lowest BCUT2D eigenvalue weighted by molar-refractivity contribution is -0.121. The highest BCUT2D eigenvalue weighted by Gasteiger charge is 2.30. The average molecular weight is 421 g/mol. The minimum atomic E-state index is -0.984. The number of benzene rings is 2. The molecule has 4 rings (SSSR count). The van der Waals surface area contributed by atoms with E-state index in [1.807, 2.05) is 30.3 Å². The predicted octanol–water partition coefficient (Wildman–Crippen LogP) is 5.35. The summed E-state index contributed by atoms with van der Waals surface area (Å²) in [6.07, 6.45) is 1.89. The fourth-order valence-electron chi connectivity index (χ4n) is 2.76. The lowest BCUT2D eigenvalue weighted by Gasteiger charge is -2.07. The lowest BCUT2D eigenvalue weighted by Crippen LogP contribution is -2.23. The standard InChI is InChI=1S/C22H16N2O3S2/c1-24-20(25)19(13-17-11-12-18(28-17)14-5-3-2-4-6-14)29-22(24)23-16-9-7-15(8-10-16)21(26)27/h2-13H,1H3,(H,26,27)/b19-13-,23-22+. The molecule has 1 aliphatic heterocycles. The summed E-state index contributed by atoms with van der Waals surface area (Å²) in [5.41, 5.74) is 1.95. The van der Waals surface area contributed by atoms with Crippen LogP contribution in [0, 0.1) is 0 Å². The van der Waals surface area contributed by atoms with Crippen LogP contribution in [0.3, 0.4) is 0 Å². The van der Waals surface area contributed by atoms with Crippen LogP contribution in [-0.4, -0.2) is 34.1 Å². The minimum Gasteiger partial charge on any atom is -0.478 e. The van der Waals surface area contributed by atoms with Crippen molar-refractivity contribution in [2.24, 2.45) is 4.99 Å². The first-order valence-corrected chi connectivity index (χ1v) is 10.4. The van der Waals surface area contributed by atoms with Crippen molar-refractivity contribution in [2.45, 2.75) is 0 Å². The predicted molar refractivity (Wildman–Crippen MR) is 119 cm³/mol. The fraction of sp³-hybridized carbons (Fsp3) is 0.0455. The van der Waals surface area contributed by atoms with Gasteiger partial charge in [0.05, 0.1) is 16.2 Å². The number of aliphatic imine (C=N–C) groups is 1. The molecule has 0 spiro atoms. The Morgan fingerprint density at radius 3 is 2.45 bits per heavy atom. The molecular formula is C22H16N2O3S2. The van der Waals surface area contributed by atoms with Gasteiger partial charge < -0.3 is 5.11 Å². The van der Waals surface area contributed by atoms with Crippen LogP contribution in [0.25, 0.3) is 16.5 Å². The molecule has 2 heterocycles. The fourth-order valence-corrected chi connectivity index (χ4v) is 4.77. The smallest absolute Gasteiger partial charge is 0.335 e. The van der Waals surface area contributed by atoms with Crippen molar-refractivity contribution in [2.75, 3.05) is 7.05 Å². The van der Waals surface area contributed by atoms with Crippen LogP contribution < -0.4 is 0 Å². The second-order valence-corrected chi connectivity index (χ2v) is 8.41. The van der Waals surface area contributed by atoms with Gasteiger partial charge in [-0.2, -0.15) is 0 Å². The molecule has 1 aliphatic rings. The van der Waals surface area contributed by atoms with E-state index in [1.54, 1.807) is 30.5 Å². The van der Waals surface area contributed by atoms with Gasteiger partial charge in [-0.05, 0) is 59.8 Å². The van der Waals surface area contributed by atoms with Gasteiger partial charge in [-0.15, -0.1) is 11.3 Å². The van der Waals surface area contributed by atoms with Gasteiger partial charge in [0, 0.05) is 16.8 Å². The molecular weight excluding hydrogens is 404 g/mol. The molecule has 3 aromatic rings. The summed E-state index contributed by atoms with van der Waals surface area (Å²) in [7, 11) is 1.68. The summed E-state index contributed by atoms with van der Waals surface area (Å²) in [6.45, 7) is 0. The molecule has 29 heavy (non-hydrogen) atoms. The topological polar surface area (TPSA) is 70.0 Å². The maximum absolute atomic E-state index is 12.6. The van der Waals surface area contributed by atoms with Gasteiger partial charge in [0.25, 0.3) is 5.91 Å². The molecule has 144 valence electrons. The van der Waals surface area contributed by atoms with E-state index in [0.29, 0.717) is 15.8 Å². The molecule has 1 N–H and O–H groups in total. The number of thioether (sulfide) groups is 1. The molecule has 2 aromatic carbocycles. The van der Waals surface area contributed by atoms with Gasteiger partial charge in [0.1, 0.15) is 0 Å². The van der Waals surface area contributed by atoms with E-state index < -0.39 is 5.97 Å². The SMILES string of the molecule is CN1C(=O)/C(=C/c2ccc(-c3ccccc3)s2)S/C1=N/c1ccc(C(=O)O)cc1. The van der Waals surface area contributed by atoms with Crippen LogP contribution >= 0.6 is 23.1 Å². The Morgan fingerprint density at radius 1 is 1.03 bits per heavy atom. The molecule has 0 aliphatic carbocycles. The molecule has 0 radical (unpaired) electrons. The summed E-state index contributed by atoms with van der Waals surface area (Å²) in [5.74, 6) is -1.09. The summed E-state index contributed by atoms with van der Waals surface area (Å²) in [4.78, 5) is 32.3. The Hall–Kier alpha value is -3.16. The highest BCUT2D eigenvalue weighted by Crippen LogP contribution is 2.36. The third-order valence-corrected chi connectivity index (χ3v) is 6.44. The van der Waals surface area contributed by atoms with Gasteiger partial charge in [0.2, 0.25) is 0 Å². The molecule has 1 amide bonds. The molecule has 7 heteroatoms. The van der Waals surface area contributed by atoms with Gasteiger partial charge in [-0.3, -0.25) is 9.69 Å². The second kappa shape index (κ2) is 8.06. The largest absolute Gasteiger partial charge is 0.478 e. The number of carbonyl (C=O) groups excluding carboxylic acids is 1. The number of carboxylic acids is 1. The van der Waals surface area contributed by atoms with Gasteiger partial charge >= 0.3 is 5.97 Å². The molecule has 5 nitrogen and oxygen atoms in total.